The van der Waals surface area contributed by atoms with E-state index in [-0.39, 0.29) is 23.5 Å². The van der Waals surface area contributed by atoms with Crippen LogP contribution in [0, 0.1) is 5.92 Å². The Bertz CT molecular complexity index is 631. The summed E-state index contributed by atoms with van der Waals surface area (Å²) >= 11 is 0. The number of urea groups is 1. The Morgan fingerprint density at radius 1 is 1.13 bits per heavy atom. The van der Waals surface area contributed by atoms with Crippen molar-refractivity contribution in [1.82, 2.24) is 10.2 Å². The summed E-state index contributed by atoms with van der Waals surface area (Å²) in [6.07, 6.45) is 2.32. The van der Waals surface area contributed by atoms with E-state index in [1.54, 1.807) is 0 Å². The van der Waals surface area contributed by atoms with Crippen molar-refractivity contribution in [2.45, 2.75) is 25.2 Å². The van der Waals surface area contributed by atoms with Gasteiger partial charge in [0.1, 0.15) is 9.84 Å². The summed E-state index contributed by atoms with van der Waals surface area (Å²) in [5.74, 6) is 1.22. The van der Waals surface area contributed by atoms with Gasteiger partial charge in [-0.2, -0.15) is 0 Å². The second kappa shape index (κ2) is 6.91. The van der Waals surface area contributed by atoms with Gasteiger partial charge in [0.05, 0.1) is 11.5 Å². The van der Waals surface area contributed by atoms with Gasteiger partial charge >= 0.3 is 6.03 Å². The Hall–Kier alpha value is -1.56. The number of nitrogens with one attached hydrogen (secondary N) is 1. The third-order valence-corrected chi connectivity index (χ3v) is 6.68. The fraction of sp³-hybridized carbons (Fsp3) is 0.588. The maximum absolute atomic E-state index is 12.3. The van der Waals surface area contributed by atoms with E-state index in [2.05, 4.69) is 17.4 Å². The Morgan fingerprint density at radius 2 is 1.83 bits per heavy atom. The highest BCUT2D eigenvalue weighted by Crippen LogP contribution is 2.27. The van der Waals surface area contributed by atoms with Gasteiger partial charge in [-0.3, -0.25) is 0 Å². The largest absolute Gasteiger partial charge is 0.338 e. The molecule has 0 unspecified atom stereocenters. The number of sulfone groups is 1. The minimum atomic E-state index is -2.83. The number of benzene rings is 1. The molecule has 2 fully saturated rings. The first-order valence-corrected chi connectivity index (χ1v) is 10.1. The first-order valence-electron chi connectivity index (χ1n) is 8.32. The Kier molecular flexibility index (Phi) is 4.90. The van der Waals surface area contributed by atoms with E-state index in [0.29, 0.717) is 25.3 Å². The Labute approximate surface area is 138 Å². The van der Waals surface area contributed by atoms with Crippen LogP contribution >= 0.6 is 0 Å². The van der Waals surface area contributed by atoms with Gasteiger partial charge in [0.15, 0.2) is 0 Å². The van der Waals surface area contributed by atoms with Crippen molar-refractivity contribution in [2.75, 3.05) is 31.1 Å². The average Bonchev–Trinajstić information content (AvgIpc) is 3.04. The maximum Gasteiger partial charge on any atom is 0.317 e. The number of carbonyl (C=O) groups is 1. The summed E-state index contributed by atoms with van der Waals surface area (Å²) in [4.78, 5) is 14.2. The molecule has 2 aliphatic heterocycles. The predicted molar refractivity (Wildman–Crippen MR) is 90.1 cm³/mol. The summed E-state index contributed by atoms with van der Waals surface area (Å²) in [6, 6.07) is 10.3. The topological polar surface area (TPSA) is 66.5 Å². The van der Waals surface area contributed by atoms with E-state index in [1.807, 2.05) is 23.1 Å². The van der Waals surface area contributed by atoms with E-state index in [1.165, 1.54) is 5.56 Å². The summed E-state index contributed by atoms with van der Waals surface area (Å²) in [5.41, 5.74) is 1.29. The molecule has 126 valence electrons. The molecule has 2 aliphatic rings. The number of hydrogen-bond acceptors (Lipinski definition) is 3. The standard InChI is InChI=1S/C17H24N2O3S/c20-17(18-12-14-7-10-23(21,22)11-8-14)19-9-6-16(13-19)15-4-2-1-3-5-15/h1-5,14,16H,6-13H2,(H,18,20)/t16-/m1/s1. The molecule has 6 heteroatoms. The maximum atomic E-state index is 12.3. The van der Waals surface area contributed by atoms with Crippen molar-refractivity contribution in [1.29, 1.82) is 0 Å². The zero-order valence-corrected chi connectivity index (χ0v) is 14.1. The second-order valence-corrected chi connectivity index (χ2v) is 8.93. The van der Waals surface area contributed by atoms with Crippen LogP contribution in [0.4, 0.5) is 4.79 Å². The minimum Gasteiger partial charge on any atom is -0.338 e. The van der Waals surface area contributed by atoms with E-state index in [9.17, 15) is 13.2 Å². The zero-order valence-electron chi connectivity index (χ0n) is 13.3. The van der Waals surface area contributed by atoms with Crippen molar-refractivity contribution in [2.24, 2.45) is 5.92 Å². The molecule has 2 amide bonds. The molecule has 3 rings (SSSR count). The van der Waals surface area contributed by atoms with Crippen LogP contribution in [0.25, 0.3) is 0 Å². The normalized spacial score (nSPS) is 24.5. The van der Waals surface area contributed by atoms with Crippen LogP contribution < -0.4 is 5.32 Å². The van der Waals surface area contributed by atoms with Gasteiger partial charge in [0, 0.05) is 25.6 Å². The van der Waals surface area contributed by atoms with Crippen molar-refractivity contribution in [3.8, 4) is 0 Å². The van der Waals surface area contributed by atoms with Crippen LogP contribution in [0.1, 0.15) is 30.7 Å². The van der Waals surface area contributed by atoms with Gasteiger partial charge in [-0.15, -0.1) is 0 Å². The summed E-state index contributed by atoms with van der Waals surface area (Å²) in [5, 5.41) is 2.99. The van der Waals surface area contributed by atoms with Crippen LogP contribution in [0.2, 0.25) is 0 Å². The first kappa shape index (κ1) is 16.3. The number of rotatable bonds is 3. The second-order valence-electron chi connectivity index (χ2n) is 6.62. The van der Waals surface area contributed by atoms with Gasteiger partial charge in [0.2, 0.25) is 0 Å². The van der Waals surface area contributed by atoms with E-state index < -0.39 is 9.84 Å². The molecule has 0 aliphatic carbocycles. The molecule has 2 saturated heterocycles. The van der Waals surface area contributed by atoms with Gasteiger partial charge in [-0.05, 0) is 30.7 Å². The summed E-state index contributed by atoms with van der Waals surface area (Å²) in [6.45, 7) is 2.13. The number of carbonyl (C=O) groups excluding carboxylic acids is 1. The fourth-order valence-electron chi connectivity index (χ4n) is 3.43. The summed E-state index contributed by atoms with van der Waals surface area (Å²) in [7, 11) is -2.83. The lowest BCUT2D eigenvalue weighted by Gasteiger charge is -2.24. The van der Waals surface area contributed by atoms with Crippen molar-refractivity contribution < 1.29 is 13.2 Å². The smallest absolute Gasteiger partial charge is 0.317 e. The quantitative estimate of drug-likeness (QED) is 0.918. The Balaban J connectivity index is 1.45. The van der Waals surface area contributed by atoms with Crippen LogP contribution in [0.5, 0.6) is 0 Å². The highest BCUT2D eigenvalue weighted by atomic mass is 32.2. The molecule has 0 spiro atoms. The number of likely N-dealkylation sites (tertiary alicyclic amines) is 1. The highest BCUT2D eigenvalue weighted by Gasteiger charge is 2.28. The molecule has 1 N–H and O–H groups in total. The fourth-order valence-corrected chi connectivity index (χ4v) is 5.02. The van der Waals surface area contributed by atoms with E-state index in [0.717, 1.165) is 19.5 Å². The average molecular weight is 336 g/mol. The zero-order chi connectivity index (χ0) is 16.3. The van der Waals surface area contributed by atoms with Crippen molar-refractivity contribution >= 4 is 15.9 Å². The SMILES string of the molecule is O=C(NCC1CCS(=O)(=O)CC1)N1CC[C@@H](c2ccccc2)C1. The van der Waals surface area contributed by atoms with Crippen molar-refractivity contribution in [3.05, 3.63) is 35.9 Å². The number of amides is 2. The molecule has 0 radical (unpaired) electrons. The molecular formula is C17H24N2O3S. The lowest BCUT2D eigenvalue weighted by Crippen LogP contribution is -2.41. The molecule has 1 aromatic rings. The van der Waals surface area contributed by atoms with Crippen LogP contribution in [0.15, 0.2) is 30.3 Å². The molecule has 0 aromatic heterocycles. The van der Waals surface area contributed by atoms with Crippen molar-refractivity contribution in [3.63, 3.8) is 0 Å². The number of nitrogens with zero attached hydrogens (tertiary/aromatic N) is 1. The Morgan fingerprint density at radius 3 is 2.52 bits per heavy atom. The molecule has 0 bridgehead atoms. The molecule has 0 saturated carbocycles. The van der Waals surface area contributed by atoms with Gasteiger partial charge in [-0.25, -0.2) is 13.2 Å². The lowest BCUT2D eigenvalue weighted by atomic mass is 9.99. The highest BCUT2D eigenvalue weighted by molar-refractivity contribution is 7.91. The molecular weight excluding hydrogens is 312 g/mol. The van der Waals surface area contributed by atoms with Gasteiger partial charge in [0.25, 0.3) is 0 Å². The minimum absolute atomic E-state index is 0.0168. The lowest BCUT2D eigenvalue weighted by molar-refractivity contribution is 0.205. The molecule has 1 atom stereocenters. The van der Waals surface area contributed by atoms with Gasteiger partial charge < -0.3 is 10.2 Å². The number of hydrogen-bond donors (Lipinski definition) is 1. The van der Waals surface area contributed by atoms with E-state index >= 15 is 0 Å². The third-order valence-electron chi connectivity index (χ3n) is 4.96. The molecule has 1 aromatic carbocycles. The third kappa shape index (κ3) is 4.25. The van der Waals surface area contributed by atoms with Crippen LogP contribution in [-0.4, -0.2) is 50.5 Å². The molecule has 2 heterocycles. The first-order chi connectivity index (χ1) is 11.0. The van der Waals surface area contributed by atoms with E-state index in [4.69, 9.17) is 0 Å². The van der Waals surface area contributed by atoms with Crippen LogP contribution in [-0.2, 0) is 9.84 Å². The predicted octanol–water partition coefficient (Wildman–Crippen LogP) is 2.01. The molecule has 23 heavy (non-hydrogen) atoms. The summed E-state index contributed by atoms with van der Waals surface area (Å²) < 4.78 is 22.8. The molecule has 5 nitrogen and oxygen atoms in total. The monoisotopic (exact) mass is 336 g/mol. The van der Waals surface area contributed by atoms with Crippen LogP contribution in [0.3, 0.4) is 0 Å². The van der Waals surface area contributed by atoms with Gasteiger partial charge in [-0.1, -0.05) is 30.3 Å².